The molecule has 1 aliphatic carbocycles. The number of imidazole rings is 1. The fraction of sp³-hybridized carbons (Fsp3) is 0.382. The van der Waals surface area contributed by atoms with Crippen LogP contribution in [0.3, 0.4) is 0 Å². The maximum Gasteiger partial charge on any atom is 0.291 e. The van der Waals surface area contributed by atoms with Crippen LogP contribution in [0.4, 0.5) is 5.69 Å². The number of likely N-dealkylation sites (tertiary alicyclic amines) is 1. The smallest absolute Gasteiger partial charge is 0.291 e. The van der Waals surface area contributed by atoms with Crippen molar-refractivity contribution in [1.82, 2.24) is 24.3 Å². The van der Waals surface area contributed by atoms with E-state index >= 15 is 0 Å². The Bertz CT molecular complexity index is 1770. The molecule has 4 aromatic rings. The molecule has 1 amide bonds. The third-order valence-corrected chi connectivity index (χ3v) is 9.80. The molecule has 0 radical (unpaired) electrons. The first kappa shape index (κ1) is 30.2. The molecule has 0 unspecified atom stereocenters. The molecule has 11 heteroatoms. The molecule has 2 N–H and O–H groups in total. The number of amides is 1. The highest BCUT2D eigenvalue weighted by Gasteiger charge is 2.34. The van der Waals surface area contributed by atoms with Crippen LogP contribution in [0.5, 0.6) is 5.88 Å². The lowest BCUT2D eigenvalue weighted by molar-refractivity contribution is 0.0472. The molecule has 2 aromatic heterocycles. The zero-order chi connectivity index (χ0) is 31.2. The number of ether oxygens (including phenoxy) is 1. The SMILES string of the molecule is COc1nc(-c2cccc(-c3cccc(NC(=O)c4nc5c(n4C4CC4)CCN(C)C5)c3Cl)c2Cl)ccc1CN1CC(CO)C1. The third-order valence-electron chi connectivity index (χ3n) is 8.99. The summed E-state index contributed by atoms with van der Waals surface area (Å²) in [5.74, 6) is 1.06. The van der Waals surface area contributed by atoms with Crippen LogP contribution in [-0.4, -0.2) is 75.7 Å². The van der Waals surface area contributed by atoms with Gasteiger partial charge in [0.05, 0.1) is 34.2 Å². The van der Waals surface area contributed by atoms with E-state index in [2.05, 4.69) is 26.7 Å². The molecule has 1 saturated carbocycles. The van der Waals surface area contributed by atoms with Gasteiger partial charge in [-0.05, 0) is 32.0 Å². The van der Waals surface area contributed by atoms with Gasteiger partial charge in [-0.1, -0.05) is 59.6 Å². The number of carbonyl (C=O) groups excluding carboxylic acids is 1. The van der Waals surface area contributed by atoms with E-state index in [0.29, 0.717) is 57.2 Å². The van der Waals surface area contributed by atoms with Crippen LogP contribution >= 0.6 is 23.2 Å². The summed E-state index contributed by atoms with van der Waals surface area (Å²) in [4.78, 5) is 27.7. The quantitative estimate of drug-likeness (QED) is 0.233. The first-order valence-electron chi connectivity index (χ1n) is 15.4. The van der Waals surface area contributed by atoms with Crippen LogP contribution in [0.1, 0.15) is 46.5 Å². The van der Waals surface area contributed by atoms with Gasteiger partial charge in [0.25, 0.3) is 5.91 Å². The monoisotopic (exact) mass is 646 g/mol. The zero-order valence-electron chi connectivity index (χ0n) is 25.4. The van der Waals surface area contributed by atoms with Gasteiger partial charge in [-0.25, -0.2) is 9.97 Å². The average Bonchev–Trinajstić information content (AvgIpc) is 3.79. The van der Waals surface area contributed by atoms with Gasteiger partial charge in [-0.2, -0.15) is 0 Å². The summed E-state index contributed by atoms with van der Waals surface area (Å²) in [6, 6.07) is 15.6. The average molecular weight is 648 g/mol. The van der Waals surface area contributed by atoms with E-state index < -0.39 is 0 Å². The van der Waals surface area contributed by atoms with Crippen LogP contribution in [-0.2, 0) is 19.5 Å². The van der Waals surface area contributed by atoms with Crippen molar-refractivity contribution in [2.24, 2.45) is 5.92 Å². The summed E-state index contributed by atoms with van der Waals surface area (Å²) >= 11 is 14.0. The molecule has 45 heavy (non-hydrogen) atoms. The number of aliphatic hydroxyl groups is 1. The van der Waals surface area contributed by atoms with Gasteiger partial charge < -0.3 is 24.6 Å². The van der Waals surface area contributed by atoms with Gasteiger partial charge in [0.2, 0.25) is 5.88 Å². The Labute approximate surface area is 272 Å². The van der Waals surface area contributed by atoms with E-state index in [-0.39, 0.29) is 12.5 Å². The Kier molecular flexibility index (Phi) is 8.31. The second kappa shape index (κ2) is 12.4. The number of hydrogen-bond acceptors (Lipinski definition) is 7. The summed E-state index contributed by atoms with van der Waals surface area (Å²) < 4.78 is 7.80. The number of methoxy groups -OCH3 is 1. The second-order valence-corrected chi connectivity index (χ2v) is 13.1. The lowest BCUT2D eigenvalue weighted by Crippen LogP contribution is -2.47. The predicted octanol–water partition coefficient (Wildman–Crippen LogP) is 5.93. The van der Waals surface area contributed by atoms with E-state index in [9.17, 15) is 9.90 Å². The lowest BCUT2D eigenvalue weighted by Gasteiger charge is -2.38. The molecule has 234 valence electrons. The maximum absolute atomic E-state index is 13.7. The molecular weight excluding hydrogens is 611 g/mol. The Morgan fingerprint density at radius 1 is 1.02 bits per heavy atom. The number of pyridine rings is 1. The molecule has 2 fully saturated rings. The summed E-state index contributed by atoms with van der Waals surface area (Å²) in [5, 5.41) is 13.3. The molecule has 4 heterocycles. The number of likely N-dealkylation sites (N-methyl/N-ethyl adjacent to an activating group) is 1. The Morgan fingerprint density at radius 2 is 1.76 bits per heavy atom. The number of hydrogen-bond donors (Lipinski definition) is 2. The Balaban J connectivity index is 1.15. The van der Waals surface area contributed by atoms with Crippen molar-refractivity contribution in [2.75, 3.05) is 45.7 Å². The van der Waals surface area contributed by atoms with Crippen molar-refractivity contribution in [1.29, 1.82) is 0 Å². The summed E-state index contributed by atoms with van der Waals surface area (Å²) in [7, 11) is 3.69. The molecule has 0 atom stereocenters. The first-order chi connectivity index (χ1) is 21.8. The highest BCUT2D eigenvalue weighted by molar-refractivity contribution is 6.39. The van der Waals surface area contributed by atoms with Crippen LogP contribution in [0.15, 0.2) is 48.5 Å². The van der Waals surface area contributed by atoms with Gasteiger partial charge in [-0.3, -0.25) is 9.69 Å². The number of nitrogens with zero attached hydrogens (tertiary/aromatic N) is 5. The van der Waals surface area contributed by atoms with Crippen LogP contribution < -0.4 is 10.1 Å². The molecular formula is C34H36Cl2N6O3. The van der Waals surface area contributed by atoms with Gasteiger partial charge in [0.15, 0.2) is 5.82 Å². The van der Waals surface area contributed by atoms with Crippen LogP contribution in [0.2, 0.25) is 10.0 Å². The molecule has 1 saturated heterocycles. The highest BCUT2D eigenvalue weighted by atomic mass is 35.5. The number of aliphatic hydroxyl groups excluding tert-OH is 1. The molecule has 3 aliphatic rings. The number of benzene rings is 2. The fourth-order valence-corrected chi connectivity index (χ4v) is 7.05. The number of nitrogens with one attached hydrogen (secondary N) is 1. The van der Waals surface area contributed by atoms with Gasteiger partial charge >= 0.3 is 0 Å². The van der Waals surface area contributed by atoms with Crippen LogP contribution in [0, 0.1) is 5.92 Å². The number of carbonyl (C=O) groups is 1. The van der Waals surface area contributed by atoms with Crippen molar-refractivity contribution in [3.63, 3.8) is 0 Å². The van der Waals surface area contributed by atoms with Gasteiger partial charge in [-0.15, -0.1) is 0 Å². The number of anilines is 1. The number of aromatic nitrogens is 3. The van der Waals surface area contributed by atoms with Crippen molar-refractivity contribution >= 4 is 34.8 Å². The molecule has 2 aromatic carbocycles. The maximum atomic E-state index is 13.7. The van der Waals surface area contributed by atoms with Crippen molar-refractivity contribution in [2.45, 2.75) is 38.4 Å². The minimum Gasteiger partial charge on any atom is -0.481 e. The van der Waals surface area contributed by atoms with Crippen LogP contribution in [0.25, 0.3) is 22.4 Å². The number of fused-ring (bicyclic) bond motifs is 1. The topological polar surface area (TPSA) is 95.7 Å². The van der Waals surface area contributed by atoms with E-state index in [1.807, 2.05) is 42.5 Å². The summed E-state index contributed by atoms with van der Waals surface area (Å²) in [6.07, 6.45) is 3.02. The molecule has 9 nitrogen and oxygen atoms in total. The largest absolute Gasteiger partial charge is 0.481 e. The molecule has 0 spiro atoms. The van der Waals surface area contributed by atoms with Gasteiger partial charge in [0, 0.05) is 85.7 Å². The third kappa shape index (κ3) is 5.84. The van der Waals surface area contributed by atoms with E-state index in [1.54, 1.807) is 13.2 Å². The molecule has 2 aliphatic heterocycles. The Hall–Kier alpha value is -3.47. The number of halogens is 2. The van der Waals surface area contributed by atoms with Crippen molar-refractivity contribution in [3.05, 3.63) is 81.4 Å². The molecule has 0 bridgehead atoms. The summed E-state index contributed by atoms with van der Waals surface area (Å²) in [6.45, 7) is 4.34. The highest BCUT2D eigenvalue weighted by Crippen LogP contribution is 2.42. The van der Waals surface area contributed by atoms with E-state index in [1.165, 1.54) is 5.69 Å². The zero-order valence-corrected chi connectivity index (χ0v) is 26.9. The summed E-state index contributed by atoms with van der Waals surface area (Å²) in [5.41, 5.74) is 6.50. The fourth-order valence-electron chi connectivity index (χ4n) is 6.45. The first-order valence-corrected chi connectivity index (χ1v) is 16.1. The Morgan fingerprint density at radius 3 is 2.49 bits per heavy atom. The van der Waals surface area contributed by atoms with E-state index in [4.69, 9.17) is 37.9 Å². The number of rotatable bonds is 9. The lowest BCUT2D eigenvalue weighted by atomic mass is 9.99. The normalized spacial score (nSPS) is 17.2. The minimum absolute atomic E-state index is 0.213. The van der Waals surface area contributed by atoms with Gasteiger partial charge in [0.1, 0.15) is 0 Å². The standard InChI is InChI=1S/C34H36Cl2N6O3/c1-40-14-13-29-28(18-40)37-32(42(29)22-10-11-22)33(44)38-27-8-4-6-24(31(27)36)23-5-3-7-25(30(23)35)26-12-9-21(34(39-26)45-2)17-41-15-20(16-41)19-43/h3-9,12,20,22,43H,10-11,13-19H2,1-2H3,(H,38,44). The van der Waals surface area contributed by atoms with Crippen molar-refractivity contribution < 1.29 is 14.6 Å². The predicted molar refractivity (Wildman–Crippen MR) is 176 cm³/mol. The van der Waals surface area contributed by atoms with Crippen molar-refractivity contribution in [3.8, 4) is 28.3 Å². The van der Waals surface area contributed by atoms with E-state index in [0.717, 1.165) is 67.8 Å². The second-order valence-electron chi connectivity index (χ2n) is 12.3. The minimum atomic E-state index is -0.264. The molecule has 7 rings (SSSR count).